The summed E-state index contributed by atoms with van der Waals surface area (Å²) < 4.78 is 0. The number of nitrogens with one attached hydrogen (secondary N) is 2. The first-order valence-corrected chi connectivity index (χ1v) is 5.52. The average Bonchev–Trinajstić information content (AvgIpc) is 2.60. The Morgan fingerprint density at radius 3 is 3.00 bits per heavy atom. The van der Waals surface area contributed by atoms with Crippen LogP contribution in [0.15, 0.2) is 0 Å². The lowest BCUT2D eigenvalue weighted by molar-refractivity contribution is 0.318. The van der Waals surface area contributed by atoms with Gasteiger partial charge in [0.05, 0.1) is 0 Å². The molecule has 0 spiro atoms. The van der Waals surface area contributed by atoms with Crippen molar-refractivity contribution < 1.29 is 0 Å². The highest BCUT2D eigenvalue weighted by Crippen LogP contribution is 2.18. The van der Waals surface area contributed by atoms with Crippen LogP contribution < -0.4 is 11.1 Å². The lowest BCUT2D eigenvalue weighted by atomic mass is 10.1. The first kappa shape index (κ1) is 11.3. The van der Waals surface area contributed by atoms with Crippen molar-refractivity contribution in [2.75, 3.05) is 26.2 Å². The van der Waals surface area contributed by atoms with Crippen LogP contribution in [0.25, 0.3) is 0 Å². The molecular weight excluding hydrogens is 176 g/mol. The number of likely N-dealkylation sites (tertiary alicyclic amines) is 1. The second kappa shape index (κ2) is 5.86. The van der Waals surface area contributed by atoms with Crippen LogP contribution in [0.2, 0.25) is 0 Å². The Bertz CT molecular complexity index is 181. The van der Waals surface area contributed by atoms with Crippen LogP contribution in [0.3, 0.4) is 0 Å². The Hall–Kier alpha value is -0.770. The molecule has 1 rings (SSSR count). The third kappa shape index (κ3) is 3.96. The zero-order valence-electron chi connectivity index (χ0n) is 9.05. The predicted molar refractivity (Wildman–Crippen MR) is 59.4 cm³/mol. The van der Waals surface area contributed by atoms with Crippen molar-refractivity contribution in [3.8, 4) is 0 Å². The largest absolute Gasteiger partial charge is 0.370 e. The summed E-state index contributed by atoms with van der Waals surface area (Å²) in [6.07, 6.45) is 3.74. The van der Waals surface area contributed by atoms with Crippen molar-refractivity contribution in [2.45, 2.75) is 26.2 Å². The smallest absolute Gasteiger partial charge is 0.185 e. The van der Waals surface area contributed by atoms with Crippen LogP contribution in [0, 0.1) is 11.3 Å². The summed E-state index contributed by atoms with van der Waals surface area (Å²) in [5.74, 6) is 0.994. The number of rotatable bonds is 5. The molecule has 0 amide bonds. The number of nitrogens with zero attached hydrogens (tertiary/aromatic N) is 1. The molecule has 82 valence electrons. The van der Waals surface area contributed by atoms with Crippen molar-refractivity contribution in [1.29, 1.82) is 5.41 Å². The molecule has 0 saturated carbocycles. The van der Waals surface area contributed by atoms with E-state index in [1.54, 1.807) is 0 Å². The van der Waals surface area contributed by atoms with Crippen molar-refractivity contribution in [3.05, 3.63) is 0 Å². The molecule has 1 aliphatic rings. The summed E-state index contributed by atoms with van der Waals surface area (Å²) >= 11 is 0. The molecule has 0 radical (unpaired) electrons. The van der Waals surface area contributed by atoms with Gasteiger partial charge in [-0.2, -0.15) is 0 Å². The van der Waals surface area contributed by atoms with E-state index in [9.17, 15) is 0 Å². The fourth-order valence-electron chi connectivity index (χ4n) is 1.97. The van der Waals surface area contributed by atoms with E-state index in [1.807, 2.05) is 0 Å². The summed E-state index contributed by atoms with van der Waals surface area (Å²) in [7, 11) is 0. The lowest BCUT2D eigenvalue weighted by Gasteiger charge is -2.15. The predicted octanol–water partition coefficient (Wildman–Crippen LogP) is 0.591. The summed E-state index contributed by atoms with van der Waals surface area (Å²) in [5.41, 5.74) is 5.19. The van der Waals surface area contributed by atoms with E-state index in [0.29, 0.717) is 0 Å². The van der Waals surface area contributed by atoms with Crippen LogP contribution in [0.1, 0.15) is 26.2 Å². The van der Waals surface area contributed by atoms with Gasteiger partial charge in [0.25, 0.3) is 0 Å². The maximum Gasteiger partial charge on any atom is 0.185 e. The monoisotopic (exact) mass is 198 g/mol. The maximum absolute atomic E-state index is 7.00. The molecule has 1 fully saturated rings. The fraction of sp³-hybridized carbons (Fsp3) is 0.900. The SMILES string of the molecule is CCC1CCN(CCCNC(=N)N)C1. The molecular formula is C10H22N4. The molecule has 0 bridgehead atoms. The van der Waals surface area contributed by atoms with E-state index >= 15 is 0 Å². The Balaban J connectivity index is 2.00. The zero-order valence-corrected chi connectivity index (χ0v) is 9.05. The number of hydrogen-bond donors (Lipinski definition) is 3. The first-order valence-electron chi connectivity index (χ1n) is 5.52. The normalized spacial score (nSPS) is 22.5. The maximum atomic E-state index is 7.00. The highest BCUT2D eigenvalue weighted by Gasteiger charge is 2.19. The van der Waals surface area contributed by atoms with E-state index in [2.05, 4.69) is 17.1 Å². The van der Waals surface area contributed by atoms with Gasteiger partial charge in [-0.15, -0.1) is 0 Å². The molecule has 1 unspecified atom stereocenters. The minimum Gasteiger partial charge on any atom is -0.370 e. The van der Waals surface area contributed by atoms with Gasteiger partial charge < -0.3 is 16.0 Å². The van der Waals surface area contributed by atoms with E-state index in [1.165, 1.54) is 25.9 Å². The van der Waals surface area contributed by atoms with E-state index < -0.39 is 0 Å². The highest BCUT2D eigenvalue weighted by molar-refractivity contribution is 5.74. The topological polar surface area (TPSA) is 65.1 Å². The van der Waals surface area contributed by atoms with Gasteiger partial charge in [0.15, 0.2) is 5.96 Å². The third-order valence-electron chi connectivity index (χ3n) is 2.91. The number of hydrogen-bond acceptors (Lipinski definition) is 2. The molecule has 4 N–H and O–H groups in total. The molecule has 1 atom stereocenters. The minimum atomic E-state index is 0.0813. The summed E-state index contributed by atoms with van der Waals surface area (Å²) in [6.45, 7) is 6.74. The van der Waals surface area contributed by atoms with Gasteiger partial charge >= 0.3 is 0 Å². The van der Waals surface area contributed by atoms with Crippen molar-refractivity contribution in [3.63, 3.8) is 0 Å². The Morgan fingerprint density at radius 2 is 2.43 bits per heavy atom. The minimum absolute atomic E-state index is 0.0813. The fourth-order valence-corrected chi connectivity index (χ4v) is 1.97. The van der Waals surface area contributed by atoms with Gasteiger partial charge in [0, 0.05) is 13.1 Å². The molecule has 4 heteroatoms. The second-order valence-electron chi connectivity index (χ2n) is 4.06. The van der Waals surface area contributed by atoms with Crippen LogP contribution in [0.4, 0.5) is 0 Å². The van der Waals surface area contributed by atoms with Crippen molar-refractivity contribution >= 4 is 5.96 Å². The average molecular weight is 198 g/mol. The molecule has 0 aromatic rings. The molecule has 0 aliphatic carbocycles. The lowest BCUT2D eigenvalue weighted by Crippen LogP contribution is -2.33. The Morgan fingerprint density at radius 1 is 1.64 bits per heavy atom. The van der Waals surface area contributed by atoms with Crippen molar-refractivity contribution in [1.82, 2.24) is 10.2 Å². The Kier molecular flexibility index (Phi) is 4.73. The van der Waals surface area contributed by atoms with Gasteiger partial charge in [0.1, 0.15) is 0 Å². The molecule has 4 nitrogen and oxygen atoms in total. The van der Waals surface area contributed by atoms with Crippen LogP contribution in [0.5, 0.6) is 0 Å². The van der Waals surface area contributed by atoms with Crippen LogP contribution in [-0.4, -0.2) is 37.0 Å². The van der Waals surface area contributed by atoms with Crippen LogP contribution >= 0.6 is 0 Å². The standard InChI is InChI=1S/C10H22N4/c1-2-9-4-7-14(8-9)6-3-5-13-10(11)12/h9H,2-8H2,1H3,(H4,11,12,13). The van der Waals surface area contributed by atoms with Gasteiger partial charge in [-0.1, -0.05) is 13.3 Å². The summed E-state index contributed by atoms with van der Waals surface area (Å²) in [6, 6.07) is 0. The molecule has 1 heterocycles. The number of nitrogens with two attached hydrogens (primary N) is 1. The zero-order chi connectivity index (χ0) is 10.4. The van der Waals surface area contributed by atoms with E-state index in [0.717, 1.165) is 25.4 Å². The first-order chi connectivity index (χ1) is 6.72. The third-order valence-corrected chi connectivity index (χ3v) is 2.91. The van der Waals surface area contributed by atoms with Gasteiger partial charge in [0.2, 0.25) is 0 Å². The molecule has 1 aliphatic heterocycles. The Labute approximate surface area is 86.4 Å². The quantitative estimate of drug-likeness (QED) is 0.344. The number of guanidine groups is 1. The van der Waals surface area contributed by atoms with E-state index in [4.69, 9.17) is 11.1 Å². The van der Waals surface area contributed by atoms with Gasteiger partial charge in [-0.3, -0.25) is 5.41 Å². The van der Waals surface area contributed by atoms with Crippen LogP contribution in [-0.2, 0) is 0 Å². The van der Waals surface area contributed by atoms with Crippen molar-refractivity contribution in [2.24, 2.45) is 11.7 Å². The van der Waals surface area contributed by atoms with Gasteiger partial charge in [-0.25, -0.2) is 0 Å². The summed E-state index contributed by atoms with van der Waals surface area (Å²) in [5, 5.41) is 9.83. The second-order valence-corrected chi connectivity index (χ2v) is 4.06. The molecule has 1 saturated heterocycles. The molecule has 0 aromatic carbocycles. The van der Waals surface area contributed by atoms with E-state index in [-0.39, 0.29) is 5.96 Å². The summed E-state index contributed by atoms with van der Waals surface area (Å²) in [4.78, 5) is 2.51. The molecule has 14 heavy (non-hydrogen) atoms. The van der Waals surface area contributed by atoms with Gasteiger partial charge in [-0.05, 0) is 31.8 Å². The molecule has 0 aromatic heterocycles. The highest BCUT2D eigenvalue weighted by atomic mass is 15.1.